The Labute approximate surface area is 109 Å². The maximum absolute atomic E-state index is 10.0. The fourth-order valence-electron chi connectivity index (χ4n) is 2.52. The van der Waals surface area contributed by atoms with Gasteiger partial charge in [0, 0.05) is 11.8 Å². The van der Waals surface area contributed by atoms with Crippen molar-refractivity contribution >= 4 is 0 Å². The van der Waals surface area contributed by atoms with E-state index < -0.39 is 0 Å². The molecule has 2 heteroatoms. The minimum absolute atomic E-state index is 0.0824. The molecule has 1 N–H and O–H groups in total. The Balaban J connectivity index is 1.99. The number of rotatable bonds is 3. The summed E-state index contributed by atoms with van der Waals surface area (Å²) in [7, 11) is 0. The van der Waals surface area contributed by atoms with Crippen molar-refractivity contribution in [1.82, 2.24) is 0 Å². The number of aliphatic hydroxyl groups excluding tert-OH is 1. The van der Waals surface area contributed by atoms with Gasteiger partial charge in [0.1, 0.15) is 0 Å². The Morgan fingerprint density at radius 2 is 1.94 bits per heavy atom. The molecule has 0 radical (unpaired) electrons. The Bertz CT molecular complexity index is 385. The molecule has 1 aromatic rings. The molecule has 0 saturated carbocycles. The monoisotopic (exact) mass is 246 g/mol. The van der Waals surface area contributed by atoms with Crippen molar-refractivity contribution in [3.8, 4) is 0 Å². The SMILES string of the molecule is C[C@@H]1[C@H](OCc2ccccc2)[C@H](C)C=CC[C@H]1O. The van der Waals surface area contributed by atoms with Crippen LogP contribution < -0.4 is 0 Å². The van der Waals surface area contributed by atoms with E-state index in [4.69, 9.17) is 4.74 Å². The van der Waals surface area contributed by atoms with Crippen molar-refractivity contribution in [1.29, 1.82) is 0 Å². The largest absolute Gasteiger partial charge is 0.392 e. The van der Waals surface area contributed by atoms with Gasteiger partial charge in [0.2, 0.25) is 0 Å². The van der Waals surface area contributed by atoms with E-state index in [1.807, 2.05) is 18.2 Å². The molecule has 1 aromatic carbocycles. The van der Waals surface area contributed by atoms with E-state index in [1.54, 1.807) is 0 Å². The summed E-state index contributed by atoms with van der Waals surface area (Å²) < 4.78 is 6.03. The average Bonchev–Trinajstić information content (AvgIpc) is 2.50. The third kappa shape index (κ3) is 3.21. The van der Waals surface area contributed by atoms with E-state index in [0.717, 1.165) is 6.42 Å². The second-order valence-corrected chi connectivity index (χ2v) is 5.21. The first-order chi connectivity index (χ1) is 8.68. The summed E-state index contributed by atoms with van der Waals surface area (Å²) in [4.78, 5) is 0. The molecule has 0 aliphatic heterocycles. The molecule has 0 aromatic heterocycles. The summed E-state index contributed by atoms with van der Waals surface area (Å²) in [6, 6.07) is 10.2. The van der Waals surface area contributed by atoms with Gasteiger partial charge in [0.05, 0.1) is 18.8 Å². The molecule has 1 aliphatic carbocycles. The molecule has 0 saturated heterocycles. The highest BCUT2D eigenvalue weighted by Gasteiger charge is 2.29. The molecule has 18 heavy (non-hydrogen) atoms. The van der Waals surface area contributed by atoms with Crippen LogP contribution in [0.15, 0.2) is 42.5 Å². The molecule has 2 nitrogen and oxygen atoms in total. The lowest BCUT2D eigenvalue weighted by Crippen LogP contribution is -2.34. The number of hydrogen-bond donors (Lipinski definition) is 1. The standard InChI is InChI=1S/C16H22O2/c1-12-7-6-10-15(17)13(2)16(12)18-11-14-8-4-3-5-9-14/h3-9,12-13,15-17H,10-11H2,1-2H3/t12-,13+,15-,16-/m1/s1. The van der Waals surface area contributed by atoms with Gasteiger partial charge in [-0.25, -0.2) is 0 Å². The fraction of sp³-hybridized carbons (Fsp3) is 0.500. The Morgan fingerprint density at radius 1 is 1.22 bits per heavy atom. The smallest absolute Gasteiger partial charge is 0.0721 e. The topological polar surface area (TPSA) is 29.5 Å². The number of hydrogen-bond acceptors (Lipinski definition) is 2. The van der Waals surface area contributed by atoms with Crippen molar-refractivity contribution in [3.05, 3.63) is 48.0 Å². The number of ether oxygens (including phenoxy) is 1. The van der Waals surface area contributed by atoms with Crippen LogP contribution in [-0.2, 0) is 11.3 Å². The zero-order chi connectivity index (χ0) is 13.0. The molecule has 98 valence electrons. The van der Waals surface area contributed by atoms with E-state index in [2.05, 4.69) is 38.1 Å². The summed E-state index contributed by atoms with van der Waals surface area (Å²) in [5, 5.41) is 10.0. The molecule has 0 bridgehead atoms. The highest BCUT2D eigenvalue weighted by Crippen LogP contribution is 2.27. The number of benzene rings is 1. The van der Waals surface area contributed by atoms with Crippen LogP contribution in [0, 0.1) is 11.8 Å². The molecule has 0 spiro atoms. The average molecular weight is 246 g/mol. The lowest BCUT2D eigenvalue weighted by atomic mass is 9.91. The molecule has 0 amide bonds. The zero-order valence-electron chi connectivity index (χ0n) is 11.1. The maximum atomic E-state index is 10.0. The molecule has 0 heterocycles. The predicted molar refractivity (Wildman–Crippen MR) is 73.1 cm³/mol. The van der Waals surface area contributed by atoms with Crippen molar-refractivity contribution in [3.63, 3.8) is 0 Å². The van der Waals surface area contributed by atoms with Crippen molar-refractivity contribution in [2.75, 3.05) is 0 Å². The number of aliphatic hydroxyl groups is 1. The van der Waals surface area contributed by atoms with Crippen LogP contribution in [-0.4, -0.2) is 17.3 Å². The fourth-order valence-corrected chi connectivity index (χ4v) is 2.52. The summed E-state index contributed by atoms with van der Waals surface area (Å²) >= 11 is 0. The lowest BCUT2D eigenvalue weighted by molar-refractivity contribution is -0.0516. The Morgan fingerprint density at radius 3 is 2.67 bits per heavy atom. The molecule has 2 rings (SSSR count). The van der Waals surface area contributed by atoms with E-state index in [0.29, 0.717) is 12.5 Å². The van der Waals surface area contributed by atoms with Crippen LogP contribution >= 0.6 is 0 Å². The van der Waals surface area contributed by atoms with Crippen LogP contribution in [0.3, 0.4) is 0 Å². The maximum Gasteiger partial charge on any atom is 0.0721 e. The molecule has 0 unspecified atom stereocenters. The quantitative estimate of drug-likeness (QED) is 0.830. The zero-order valence-corrected chi connectivity index (χ0v) is 11.1. The third-order valence-corrected chi connectivity index (χ3v) is 3.75. The van der Waals surface area contributed by atoms with Crippen LogP contribution in [0.25, 0.3) is 0 Å². The Kier molecular flexibility index (Phi) is 4.56. The van der Waals surface area contributed by atoms with Gasteiger partial charge in [-0.15, -0.1) is 0 Å². The van der Waals surface area contributed by atoms with E-state index in [9.17, 15) is 5.11 Å². The van der Waals surface area contributed by atoms with Gasteiger partial charge in [0.25, 0.3) is 0 Å². The van der Waals surface area contributed by atoms with Crippen LogP contribution in [0.2, 0.25) is 0 Å². The molecular weight excluding hydrogens is 224 g/mol. The van der Waals surface area contributed by atoms with Gasteiger partial charge in [-0.2, -0.15) is 0 Å². The minimum atomic E-state index is -0.299. The molecule has 1 aliphatic rings. The van der Waals surface area contributed by atoms with Crippen LogP contribution in [0.4, 0.5) is 0 Å². The summed E-state index contributed by atoms with van der Waals surface area (Å²) in [5.41, 5.74) is 1.18. The molecule has 4 atom stereocenters. The summed E-state index contributed by atoms with van der Waals surface area (Å²) in [6.07, 6.45) is 4.74. The third-order valence-electron chi connectivity index (χ3n) is 3.75. The van der Waals surface area contributed by atoms with Gasteiger partial charge in [-0.05, 0) is 12.0 Å². The van der Waals surface area contributed by atoms with Gasteiger partial charge in [-0.1, -0.05) is 56.3 Å². The highest BCUT2D eigenvalue weighted by atomic mass is 16.5. The summed E-state index contributed by atoms with van der Waals surface area (Å²) in [6.45, 7) is 4.84. The predicted octanol–water partition coefficient (Wildman–Crippen LogP) is 3.16. The highest BCUT2D eigenvalue weighted by molar-refractivity contribution is 5.13. The van der Waals surface area contributed by atoms with E-state index in [-0.39, 0.29) is 18.1 Å². The van der Waals surface area contributed by atoms with Gasteiger partial charge < -0.3 is 9.84 Å². The van der Waals surface area contributed by atoms with Crippen molar-refractivity contribution in [2.45, 2.75) is 39.1 Å². The first-order valence-electron chi connectivity index (χ1n) is 6.68. The van der Waals surface area contributed by atoms with Crippen LogP contribution in [0.5, 0.6) is 0 Å². The lowest BCUT2D eigenvalue weighted by Gasteiger charge is -2.29. The second kappa shape index (κ2) is 6.17. The molecule has 0 fully saturated rings. The summed E-state index contributed by atoms with van der Waals surface area (Å²) in [5.74, 6) is 0.513. The Hall–Kier alpha value is -1.12. The molecular formula is C16H22O2. The van der Waals surface area contributed by atoms with Crippen molar-refractivity contribution in [2.24, 2.45) is 11.8 Å². The second-order valence-electron chi connectivity index (χ2n) is 5.21. The van der Waals surface area contributed by atoms with E-state index >= 15 is 0 Å². The first kappa shape index (κ1) is 13.3. The van der Waals surface area contributed by atoms with Gasteiger partial charge in [0.15, 0.2) is 0 Å². The first-order valence-corrected chi connectivity index (χ1v) is 6.68. The normalized spacial score (nSPS) is 32.2. The van der Waals surface area contributed by atoms with Crippen LogP contribution in [0.1, 0.15) is 25.8 Å². The minimum Gasteiger partial charge on any atom is -0.392 e. The van der Waals surface area contributed by atoms with Gasteiger partial charge >= 0.3 is 0 Å². The van der Waals surface area contributed by atoms with Gasteiger partial charge in [-0.3, -0.25) is 0 Å². The van der Waals surface area contributed by atoms with E-state index in [1.165, 1.54) is 5.56 Å². The van der Waals surface area contributed by atoms with Crippen molar-refractivity contribution < 1.29 is 9.84 Å².